The predicted molar refractivity (Wildman–Crippen MR) is 81.1 cm³/mol. The van der Waals surface area contributed by atoms with Crippen LogP contribution in [-0.2, 0) is 10.0 Å². The van der Waals surface area contributed by atoms with E-state index in [-0.39, 0.29) is 16.9 Å². The van der Waals surface area contributed by atoms with Gasteiger partial charge in [-0.2, -0.15) is 0 Å². The maximum Gasteiger partial charge on any atom is 0.240 e. The lowest BCUT2D eigenvalue weighted by Crippen LogP contribution is -2.27. The summed E-state index contributed by atoms with van der Waals surface area (Å²) in [6.07, 6.45) is 0. The van der Waals surface area contributed by atoms with E-state index in [1.54, 1.807) is 13.0 Å². The number of rotatable bonds is 7. The van der Waals surface area contributed by atoms with Gasteiger partial charge in [-0.15, -0.1) is 0 Å². The molecule has 1 aromatic carbocycles. The molecule has 0 atom stereocenters. The normalized spacial score (nSPS) is 12.4. The smallest absolute Gasteiger partial charge is 0.240 e. The molecule has 5 N–H and O–H groups in total. The molecule has 0 bridgehead atoms. The van der Waals surface area contributed by atoms with Crippen LogP contribution < -0.4 is 15.8 Å². The number of aliphatic hydroxyl groups is 1. The predicted octanol–water partition coefficient (Wildman–Crippen LogP) is 0.997. The molecule has 0 fully saturated rings. The molecule has 1 rings (SSSR count). The first-order chi connectivity index (χ1) is 9.22. The molecule has 1 aromatic rings. The monoisotopic (exact) mass is 301 g/mol. The van der Waals surface area contributed by atoms with Crippen molar-refractivity contribution < 1.29 is 13.5 Å². The molecular formula is C13H23N3O3S. The minimum atomic E-state index is -3.50. The van der Waals surface area contributed by atoms with Crippen molar-refractivity contribution in [2.75, 3.05) is 30.7 Å². The van der Waals surface area contributed by atoms with E-state index >= 15 is 0 Å². The summed E-state index contributed by atoms with van der Waals surface area (Å²) in [7, 11) is -3.50. The van der Waals surface area contributed by atoms with Crippen LogP contribution in [0, 0.1) is 5.41 Å². The lowest BCUT2D eigenvalue weighted by molar-refractivity contribution is 0.171. The van der Waals surface area contributed by atoms with E-state index in [0.29, 0.717) is 24.5 Å². The van der Waals surface area contributed by atoms with E-state index < -0.39 is 10.0 Å². The quantitative estimate of drug-likeness (QED) is 0.562. The van der Waals surface area contributed by atoms with Gasteiger partial charge in [-0.05, 0) is 18.2 Å². The van der Waals surface area contributed by atoms with Crippen molar-refractivity contribution in [3.05, 3.63) is 18.2 Å². The Morgan fingerprint density at radius 1 is 1.35 bits per heavy atom. The Morgan fingerprint density at radius 3 is 2.55 bits per heavy atom. The van der Waals surface area contributed by atoms with Crippen molar-refractivity contribution >= 4 is 21.4 Å². The van der Waals surface area contributed by atoms with Crippen LogP contribution in [0.15, 0.2) is 23.1 Å². The van der Waals surface area contributed by atoms with Gasteiger partial charge in [0.2, 0.25) is 10.0 Å². The number of hydrogen-bond acceptors (Lipinski definition) is 5. The minimum Gasteiger partial charge on any atom is -0.397 e. The summed E-state index contributed by atoms with van der Waals surface area (Å²) in [6.45, 7) is 6.35. The van der Waals surface area contributed by atoms with Crippen LogP contribution >= 0.6 is 0 Å². The molecule has 0 unspecified atom stereocenters. The summed E-state index contributed by atoms with van der Waals surface area (Å²) in [5, 5.41) is 12.3. The van der Waals surface area contributed by atoms with Crippen molar-refractivity contribution in [2.45, 2.75) is 25.7 Å². The van der Waals surface area contributed by atoms with Gasteiger partial charge in [0.25, 0.3) is 0 Å². The molecule has 114 valence electrons. The highest BCUT2D eigenvalue weighted by Crippen LogP contribution is 2.24. The lowest BCUT2D eigenvalue weighted by atomic mass is 9.95. The van der Waals surface area contributed by atoms with E-state index in [4.69, 9.17) is 5.73 Å². The van der Waals surface area contributed by atoms with E-state index in [1.165, 1.54) is 12.1 Å². The molecule has 0 saturated carbocycles. The second-order valence-corrected chi connectivity index (χ2v) is 7.19. The molecule has 0 radical (unpaired) electrons. The first-order valence-corrected chi connectivity index (χ1v) is 7.94. The summed E-state index contributed by atoms with van der Waals surface area (Å²) in [5.41, 5.74) is 6.53. The van der Waals surface area contributed by atoms with E-state index in [2.05, 4.69) is 10.0 Å². The standard InChI is InChI=1S/C13H23N3O3S/c1-4-16-20(18,19)10-5-6-11(14)12(7-10)15-8-13(2,3)9-17/h5-7,15-17H,4,8-9,14H2,1-3H3. The Bertz CT molecular complexity index is 556. The van der Waals surface area contributed by atoms with Gasteiger partial charge in [0.15, 0.2) is 0 Å². The molecule has 0 spiro atoms. The third kappa shape index (κ3) is 4.36. The Kier molecular flexibility index (Phi) is 5.38. The third-order valence-corrected chi connectivity index (χ3v) is 4.40. The maximum atomic E-state index is 11.9. The molecule has 0 aromatic heterocycles. The first-order valence-electron chi connectivity index (χ1n) is 6.46. The summed E-state index contributed by atoms with van der Waals surface area (Å²) < 4.78 is 26.3. The largest absolute Gasteiger partial charge is 0.397 e. The van der Waals surface area contributed by atoms with Crippen molar-refractivity contribution in [3.63, 3.8) is 0 Å². The van der Waals surface area contributed by atoms with Crippen molar-refractivity contribution in [2.24, 2.45) is 5.41 Å². The molecule has 7 heteroatoms. The Morgan fingerprint density at radius 2 is 2.00 bits per heavy atom. The van der Waals surface area contributed by atoms with Crippen LogP contribution in [0.2, 0.25) is 0 Å². The molecule has 20 heavy (non-hydrogen) atoms. The molecule has 0 amide bonds. The third-order valence-electron chi connectivity index (χ3n) is 2.85. The fourth-order valence-electron chi connectivity index (χ4n) is 1.52. The molecular weight excluding hydrogens is 278 g/mol. The number of aliphatic hydroxyl groups excluding tert-OH is 1. The zero-order valence-corrected chi connectivity index (χ0v) is 12.9. The molecule has 6 nitrogen and oxygen atoms in total. The summed E-state index contributed by atoms with van der Waals surface area (Å²) in [5.74, 6) is 0. The van der Waals surface area contributed by atoms with Crippen LogP contribution in [-0.4, -0.2) is 33.2 Å². The highest BCUT2D eigenvalue weighted by Gasteiger charge is 2.18. The average molecular weight is 301 g/mol. The molecule has 0 aliphatic carbocycles. The van der Waals surface area contributed by atoms with Gasteiger partial charge in [0.05, 0.1) is 16.3 Å². The summed E-state index contributed by atoms with van der Waals surface area (Å²) in [6, 6.07) is 4.52. The SMILES string of the molecule is CCNS(=O)(=O)c1ccc(N)c(NCC(C)(C)CO)c1. The molecule has 0 aliphatic heterocycles. The number of nitrogens with one attached hydrogen (secondary N) is 2. The van der Waals surface area contributed by atoms with Crippen LogP contribution in [0.3, 0.4) is 0 Å². The van der Waals surface area contributed by atoms with E-state index in [9.17, 15) is 13.5 Å². The molecule has 0 saturated heterocycles. The molecule has 0 aliphatic rings. The van der Waals surface area contributed by atoms with Gasteiger partial charge in [-0.1, -0.05) is 20.8 Å². The van der Waals surface area contributed by atoms with Crippen molar-refractivity contribution in [1.82, 2.24) is 4.72 Å². The highest BCUT2D eigenvalue weighted by molar-refractivity contribution is 7.89. The zero-order valence-electron chi connectivity index (χ0n) is 12.1. The fourth-order valence-corrected chi connectivity index (χ4v) is 2.59. The number of anilines is 2. The first kappa shape index (κ1) is 16.7. The fraction of sp³-hybridized carbons (Fsp3) is 0.538. The Hall–Kier alpha value is -1.31. The second-order valence-electron chi connectivity index (χ2n) is 5.43. The number of benzene rings is 1. The van der Waals surface area contributed by atoms with Gasteiger partial charge >= 0.3 is 0 Å². The Balaban J connectivity index is 2.98. The van der Waals surface area contributed by atoms with E-state index in [1.807, 2.05) is 13.8 Å². The van der Waals surface area contributed by atoms with Crippen molar-refractivity contribution in [3.8, 4) is 0 Å². The number of sulfonamides is 1. The number of hydrogen-bond donors (Lipinski definition) is 4. The van der Waals surface area contributed by atoms with Gasteiger partial charge in [0, 0.05) is 25.1 Å². The summed E-state index contributed by atoms with van der Waals surface area (Å²) >= 11 is 0. The lowest BCUT2D eigenvalue weighted by Gasteiger charge is -2.23. The highest BCUT2D eigenvalue weighted by atomic mass is 32.2. The zero-order chi connectivity index (χ0) is 15.4. The van der Waals surface area contributed by atoms with Crippen LogP contribution in [0.4, 0.5) is 11.4 Å². The minimum absolute atomic E-state index is 0.0231. The summed E-state index contributed by atoms with van der Waals surface area (Å²) in [4.78, 5) is 0.165. The van der Waals surface area contributed by atoms with Gasteiger partial charge in [-0.25, -0.2) is 13.1 Å². The number of nitrogens with two attached hydrogens (primary N) is 1. The topological polar surface area (TPSA) is 104 Å². The van der Waals surface area contributed by atoms with Crippen LogP contribution in [0.25, 0.3) is 0 Å². The number of nitrogen functional groups attached to an aromatic ring is 1. The molecule has 0 heterocycles. The van der Waals surface area contributed by atoms with Gasteiger partial charge in [-0.3, -0.25) is 0 Å². The van der Waals surface area contributed by atoms with Gasteiger partial charge < -0.3 is 16.2 Å². The maximum absolute atomic E-state index is 11.9. The van der Waals surface area contributed by atoms with Gasteiger partial charge in [0.1, 0.15) is 0 Å². The van der Waals surface area contributed by atoms with Crippen LogP contribution in [0.1, 0.15) is 20.8 Å². The van der Waals surface area contributed by atoms with Crippen molar-refractivity contribution in [1.29, 1.82) is 0 Å². The van der Waals surface area contributed by atoms with Crippen LogP contribution in [0.5, 0.6) is 0 Å². The Labute approximate surface area is 120 Å². The average Bonchev–Trinajstić information content (AvgIpc) is 2.37. The second kappa shape index (κ2) is 6.43. The van der Waals surface area contributed by atoms with E-state index in [0.717, 1.165) is 0 Å².